The molecule has 2 aromatic rings. The largest absolute Gasteiger partial charge is 0.302 e. The molecule has 3 heteroatoms. The lowest BCUT2D eigenvalue weighted by Gasteiger charge is -2.01. The van der Waals surface area contributed by atoms with E-state index in [2.05, 4.69) is 16.9 Å². The quantitative estimate of drug-likeness (QED) is 0.628. The smallest absolute Gasteiger partial charge is 0.113 e. The summed E-state index contributed by atoms with van der Waals surface area (Å²) in [6, 6.07) is 3.85. The van der Waals surface area contributed by atoms with Crippen molar-refractivity contribution < 1.29 is 0 Å². The molecule has 0 aliphatic rings. The van der Waals surface area contributed by atoms with E-state index in [1.54, 1.807) is 18.6 Å². The highest BCUT2D eigenvalue weighted by Crippen LogP contribution is 2.06. The lowest BCUT2D eigenvalue weighted by Crippen LogP contribution is -1.94. The predicted molar refractivity (Wildman–Crippen MR) is 45.8 cm³/mol. The maximum Gasteiger partial charge on any atom is 0.113 e. The van der Waals surface area contributed by atoms with Gasteiger partial charge in [-0.3, -0.25) is 4.98 Å². The van der Waals surface area contributed by atoms with Crippen LogP contribution in [0.25, 0.3) is 5.69 Å². The van der Waals surface area contributed by atoms with Gasteiger partial charge in [0.05, 0.1) is 11.9 Å². The lowest BCUT2D eigenvalue weighted by atomic mass is 10.4. The molecule has 1 radical (unpaired) electrons. The number of rotatable bonds is 1. The molecule has 2 rings (SSSR count). The van der Waals surface area contributed by atoms with Gasteiger partial charge in [0.25, 0.3) is 0 Å². The summed E-state index contributed by atoms with van der Waals surface area (Å²) in [5.74, 6) is 0.725. The van der Waals surface area contributed by atoms with Crippen molar-refractivity contribution in [3.63, 3.8) is 0 Å². The van der Waals surface area contributed by atoms with Gasteiger partial charge in [-0.15, -0.1) is 0 Å². The van der Waals surface area contributed by atoms with Crippen LogP contribution in [0.1, 0.15) is 5.82 Å². The first-order chi connectivity index (χ1) is 5.88. The zero-order valence-electron chi connectivity index (χ0n) is 6.51. The van der Waals surface area contributed by atoms with Crippen LogP contribution in [0.2, 0.25) is 0 Å². The molecular weight excluding hydrogens is 150 g/mol. The van der Waals surface area contributed by atoms with E-state index < -0.39 is 0 Å². The first-order valence-electron chi connectivity index (χ1n) is 3.63. The van der Waals surface area contributed by atoms with Crippen LogP contribution in [0.3, 0.4) is 0 Å². The molecule has 0 aliphatic carbocycles. The third kappa shape index (κ3) is 1.09. The maximum absolute atomic E-state index is 4.02. The Bertz CT molecular complexity index is 364. The Morgan fingerprint density at radius 1 is 1.33 bits per heavy atom. The van der Waals surface area contributed by atoms with E-state index in [1.165, 1.54) is 0 Å². The molecule has 0 saturated heterocycles. The van der Waals surface area contributed by atoms with Gasteiger partial charge in [-0.05, 0) is 12.1 Å². The van der Waals surface area contributed by atoms with Crippen LogP contribution < -0.4 is 0 Å². The third-order valence-electron chi connectivity index (χ3n) is 1.64. The van der Waals surface area contributed by atoms with Crippen molar-refractivity contribution in [2.45, 2.75) is 0 Å². The molecule has 0 fully saturated rings. The van der Waals surface area contributed by atoms with Gasteiger partial charge in [-0.1, -0.05) is 0 Å². The molecular formula is C9H8N3. The number of hydrogen-bond donors (Lipinski definition) is 0. The van der Waals surface area contributed by atoms with Gasteiger partial charge in [-0.25, -0.2) is 4.98 Å². The highest BCUT2D eigenvalue weighted by atomic mass is 15.1. The van der Waals surface area contributed by atoms with Crippen LogP contribution in [0, 0.1) is 6.92 Å². The molecule has 0 unspecified atom stereocenters. The summed E-state index contributed by atoms with van der Waals surface area (Å²) in [4.78, 5) is 8.02. The third-order valence-corrected chi connectivity index (χ3v) is 1.64. The predicted octanol–water partition coefficient (Wildman–Crippen LogP) is 1.45. The number of imidazole rings is 1. The Morgan fingerprint density at radius 2 is 2.25 bits per heavy atom. The van der Waals surface area contributed by atoms with E-state index in [9.17, 15) is 0 Å². The standard InChI is InChI=1S/C9H8N3/c1-8-11-5-6-12(8)9-3-2-4-10-7-9/h2-7H,1H2. The van der Waals surface area contributed by atoms with Gasteiger partial charge < -0.3 is 4.57 Å². The molecule has 2 aromatic heterocycles. The molecule has 0 N–H and O–H groups in total. The van der Waals surface area contributed by atoms with Gasteiger partial charge in [-0.2, -0.15) is 0 Å². The van der Waals surface area contributed by atoms with Crippen LogP contribution in [-0.4, -0.2) is 14.5 Å². The van der Waals surface area contributed by atoms with E-state index >= 15 is 0 Å². The van der Waals surface area contributed by atoms with Crippen molar-refractivity contribution in [2.75, 3.05) is 0 Å². The summed E-state index contributed by atoms with van der Waals surface area (Å²) in [6.45, 7) is 3.78. The Hall–Kier alpha value is -1.64. The number of hydrogen-bond acceptors (Lipinski definition) is 2. The highest BCUT2D eigenvalue weighted by Gasteiger charge is 1.97. The van der Waals surface area contributed by atoms with E-state index in [0.29, 0.717) is 0 Å². The van der Waals surface area contributed by atoms with E-state index in [4.69, 9.17) is 0 Å². The molecule has 2 heterocycles. The second-order valence-corrected chi connectivity index (χ2v) is 2.42. The summed E-state index contributed by atoms with van der Waals surface area (Å²) in [5, 5.41) is 0. The normalized spacial score (nSPS) is 10.1. The van der Waals surface area contributed by atoms with Crippen molar-refractivity contribution in [3.05, 3.63) is 49.7 Å². The Labute approximate surface area is 70.7 Å². The summed E-state index contributed by atoms with van der Waals surface area (Å²) in [6.07, 6.45) is 7.09. The second-order valence-electron chi connectivity index (χ2n) is 2.42. The number of aromatic nitrogens is 3. The molecule has 0 bridgehead atoms. The van der Waals surface area contributed by atoms with Crippen LogP contribution >= 0.6 is 0 Å². The molecule has 12 heavy (non-hydrogen) atoms. The fourth-order valence-electron chi connectivity index (χ4n) is 1.07. The van der Waals surface area contributed by atoms with Gasteiger partial charge in [0.2, 0.25) is 0 Å². The van der Waals surface area contributed by atoms with Crippen molar-refractivity contribution >= 4 is 0 Å². The van der Waals surface area contributed by atoms with Crippen molar-refractivity contribution in [3.8, 4) is 5.69 Å². The van der Waals surface area contributed by atoms with Crippen LogP contribution in [0.5, 0.6) is 0 Å². The zero-order valence-corrected chi connectivity index (χ0v) is 6.51. The minimum Gasteiger partial charge on any atom is -0.302 e. The molecule has 0 saturated carbocycles. The van der Waals surface area contributed by atoms with Crippen LogP contribution in [-0.2, 0) is 0 Å². The summed E-state index contributed by atoms with van der Waals surface area (Å²) in [5.41, 5.74) is 0.986. The SMILES string of the molecule is [CH2]c1nccn1-c1cccnc1. The Morgan fingerprint density at radius 3 is 2.83 bits per heavy atom. The second kappa shape index (κ2) is 2.77. The summed E-state index contributed by atoms with van der Waals surface area (Å²) < 4.78 is 1.88. The van der Waals surface area contributed by atoms with E-state index in [0.717, 1.165) is 11.5 Å². The van der Waals surface area contributed by atoms with Crippen molar-refractivity contribution in [1.82, 2.24) is 14.5 Å². The van der Waals surface area contributed by atoms with Gasteiger partial charge in [0.1, 0.15) is 5.82 Å². The average molecular weight is 158 g/mol. The van der Waals surface area contributed by atoms with E-state index in [1.807, 2.05) is 22.9 Å². The fourth-order valence-corrected chi connectivity index (χ4v) is 1.07. The minimum atomic E-state index is 0.725. The van der Waals surface area contributed by atoms with Crippen molar-refractivity contribution in [2.24, 2.45) is 0 Å². The molecule has 59 valence electrons. The first kappa shape index (κ1) is 7.03. The first-order valence-corrected chi connectivity index (χ1v) is 3.63. The van der Waals surface area contributed by atoms with Crippen molar-refractivity contribution in [1.29, 1.82) is 0 Å². The molecule has 0 atom stereocenters. The molecule has 3 nitrogen and oxygen atoms in total. The minimum absolute atomic E-state index is 0.725. The monoisotopic (exact) mass is 158 g/mol. The van der Waals surface area contributed by atoms with Gasteiger partial charge in [0.15, 0.2) is 0 Å². The molecule has 0 amide bonds. The fraction of sp³-hybridized carbons (Fsp3) is 0. The molecule has 0 aliphatic heterocycles. The number of pyridine rings is 1. The molecule has 0 spiro atoms. The number of nitrogens with zero attached hydrogens (tertiary/aromatic N) is 3. The van der Waals surface area contributed by atoms with E-state index in [-0.39, 0.29) is 0 Å². The maximum atomic E-state index is 4.02. The lowest BCUT2D eigenvalue weighted by molar-refractivity contribution is 1.00. The highest BCUT2D eigenvalue weighted by molar-refractivity contribution is 5.29. The summed E-state index contributed by atoms with van der Waals surface area (Å²) >= 11 is 0. The summed E-state index contributed by atoms with van der Waals surface area (Å²) in [7, 11) is 0. The topological polar surface area (TPSA) is 30.7 Å². The molecule has 0 aromatic carbocycles. The average Bonchev–Trinajstić information content (AvgIpc) is 2.53. The van der Waals surface area contributed by atoms with Crippen LogP contribution in [0.4, 0.5) is 0 Å². The van der Waals surface area contributed by atoms with Gasteiger partial charge in [0, 0.05) is 25.5 Å². The zero-order chi connectivity index (χ0) is 8.39. The van der Waals surface area contributed by atoms with Crippen LogP contribution in [0.15, 0.2) is 36.9 Å². The Balaban J connectivity index is 2.51. The van der Waals surface area contributed by atoms with Gasteiger partial charge >= 0.3 is 0 Å². The Kier molecular flexibility index (Phi) is 1.63.